The van der Waals surface area contributed by atoms with Gasteiger partial charge in [0.05, 0.1) is 0 Å². The molecule has 0 unspecified atom stereocenters. The van der Waals surface area contributed by atoms with Crippen molar-refractivity contribution in [3.8, 4) is 0 Å². The summed E-state index contributed by atoms with van der Waals surface area (Å²) >= 11 is 0. The molecule has 0 aliphatic carbocycles. The molecule has 0 bridgehead atoms. The fraction of sp³-hybridized carbons (Fsp3) is 0.312. The lowest BCUT2D eigenvalue weighted by Gasteiger charge is -2.32. The summed E-state index contributed by atoms with van der Waals surface area (Å²) in [5.74, 6) is -0.184. The van der Waals surface area contributed by atoms with Gasteiger partial charge in [-0.05, 0) is 19.1 Å². The van der Waals surface area contributed by atoms with Gasteiger partial charge in [-0.25, -0.2) is 14.6 Å². The molecule has 2 aliphatic heterocycles. The van der Waals surface area contributed by atoms with Crippen molar-refractivity contribution in [2.75, 3.05) is 26.2 Å². The van der Waals surface area contributed by atoms with Crippen molar-refractivity contribution < 1.29 is 19.4 Å². The van der Waals surface area contributed by atoms with Crippen LogP contribution < -0.4 is 0 Å². The first-order valence-electron chi connectivity index (χ1n) is 7.34. The molecular weight excluding hydrogens is 298 g/mol. The van der Waals surface area contributed by atoms with Gasteiger partial charge in [0.1, 0.15) is 0 Å². The van der Waals surface area contributed by atoms with Crippen molar-refractivity contribution in [2.45, 2.75) is 6.92 Å². The summed E-state index contributed by atoms with van der Waals surface area (Å²) in [4.78, 5) is 30.3. The average molecular weight is 315 g/mol. The van der Waals surface area contributed by atoms with Crippen LogP contribution in [0.15, 0.2) is 41.2 Å². The average Bonchev–Trinajstić information content (AvgIpc) is 2.89. The molecule has 7 heteroatoms. The Bertz CT molecular complexity index is 703. The van der Waals surface area contributed by atoms with E-state index < -0.39 is 12.1 Å². The Kier molecular flexibility index (Phi) is 4.01. The van der Waals surface area contributed by atoms with Crippen molar-refractivity contribution >= 4 is 18.0 Å². The van der Waals surface area contributed by atoms with Crippen LogP contribution in [-0.4, -0.2) is 59.0 Å². The zero-order valence-electron chi connectivity index (χ0n) is 12.7. The van der Waals surface area contributed by atoms with Crippen LogP contribution in [0.1, 0.15) is 11.1 Å². The zero-order valence-corrected chi connectivity index (χ0v) is 12.7. The van der Waals surface area contributed by atoms with Gasteiger partial charge in [0.15, 0.2) is 5.70 Å². The minimum atomic E-state index is -0.919. The summed E-state index contributed by atoms with van der Waals surface area (Å²) in [6.45, 7) is 3.82. The van der Waals surface area contributed by atoms with Gasteiger partial charge in [-0.2, -0.15) is 0 Å². The Balaban J connectivity index is 1.73. The molecule has 7 nitrogen and oxygen atoms in total. The molecule has 23 heavy (non-hydrogen) atoms. The molecular formula is C16H17N3O4. The largest absolute Gasteiger partial charge is 0.465 e. The van der Waals surface area contributed by atoms with Gasteiger partial charge in [-0.1, -0.05) is 17.7 Å². The maximum atomic E-state index is 12.0. The number of aliphatic imine (C=N–C) groups is 1. The summed E-state index contributed by atoms with van der Waals surface area (Å²) in [6, 6.07) is 7.59. The number of esters is 1. The van der Waals surface area contributed by atoms with Gasteiger partial charge in [-0.15, -0.1) is 0 Å². The van der Waals surface area contributed by atoms with Crippen LogP contribution in [0.4, 0.5) is 4.79 Å². The minimum Gasteiger partial charge on any atom is -0.465 e. The zero-order chi connectivity index (χ0) is 16.4. The maximum absolute atomic E-state index is 12.0. The highest BCUT2D eigenvalue weighted by Crippen LogP contribution is 2.18. The highest BCUT2D eigenvalue weighted by Gasteiger charge is 2.26. The third-order valence-electron chi connectivity index (χ3n) is 3.78. The summed E-state index contributed by atoms with van der Waals surface area (Å²) < 4.78 is 5.23. The topological polar surface area (TPSA) is 82.4 Å². The molecule has 1 amide bonds. The van der Waals surface area contributed by atoms with E-state index in [0.29, 0.717) is 32.1 Å². The van der Waals surface area contributed by atoms with Crippen LogP contribution >= 0.6 is 0 Å². The Morgan fingerprint density at radius 1 is 1.30 bits per heavy atom. The van der Waals surface area contributed by atoms with E-state index in [4.69, 9.17) is 9.84 Å². The van der Waals surface area contributed by atoms with Gasteiger partial charge >= 0.3 is 12.1 Å². The van der Waals surface area contributed by atoms with Gasteiger partial charge in [0, 0.05) is 37.9 Å². The number of nitrogens with zero attached hydrogens (tertiary/aromatic N) is 3. The molecule has 1 fully saturated rings. The predicted octanol–water partition coefficient (Wildman–Crippen LogP) is 1.44. The number of carbonyl (C=O) groups is 2. The van der Waals surface area contributed by atoms with E-state index >= 15 is 0 Å². The monoisotopic (exact) mass is 315 g/mol. The number of aryl methyl sites for hydroxylation is 1. The first-order chi connectivity index (χ1) is 11.0. The standard InChI is InChI=1S/C16H17N3O4/c1-11-3-2-4-12(9-11)14-17-13(15(20)23-14)10-18-5-7-19(8-6-18)16(21)22/h2-4,9-10H,5-8H2,1H3,(H,21,22)/b13-10+. The molecule has 1 N–H and O–H groups in total. The Hall–Kier alpha value is -2.83. The third-order valence-corrected chi connectivity index (χ3v) is 3.78. The number of hydrogen-bond acceptors (Lipinski definition) is 5. The van der Waals surface area contributed by atoms with Crippen molar-refractivity contribution in [2.24, 2.45) is 4.99 Å². The molecule has 1 aromatic carbocycles. The van der Waals surface area contributed by atoms with Crippen LogP contribution in [0, 0.1) is 6.92 Å². The van der Waals surface area contributed by atoms with Crippen LogP contribution in [0.5, 0.6) is 0 Å². The SMILES string of the molecule is Cc1cccc(C2=N/C(=C/N3CCN(C(=O)O)CC3)C(=O)O2)c1. The summed E-state index contributed by atoms with van der Waals surface area (Å²) in [5, 5.41) is 8.93. The van der Waals surface area contributed by atoms with E-state index in [0.717, 1.165) is 11.1 Å². The quantitative estimate of drug-likeness (QED) is 0.659. The lowest BCUT2D eigenvalue weighted by molar-refractivity contribution is -0.130. The Morgan fingerprint density at radius 3 is 2.70 bits per heavy atom. The van der Waals surface area contributed by atoms with Crippen LogP contribution in [0.25, 0.3) is 0 Å². The second kappa shape index (κ2) is 6.12. The van der Waals surface area contributed by atoms with Gasteiger partial charge < -0.3 is 19.6 Å². The molecule has 3 rings (SSSR count). The van der Waals surface area contributed by atoms with E-state index in [1.54, 1.807) is 6.20 Å². The Labute approximate surface area is 133 Å². The predicted molar refractivity (Wildman–Crippen MR) is 83.1 cm³/mol. The maximum Gasteiger partial charge on any atom is 0.407 e. The number of carboxylic acid groups (broad SMARTS) is 1. The first-order valence-corrected chi connectivity index (χ1v) is 7.34. The minimum absolute atomic E-state index is 0.241. The number of rotatable bonds is 2. The van der Waals surface area contributed by atoms with Crippen molar-refractivity contribution in [3.63, 3.8) is 0 Å². The smallest absolute Gasteiger partial charge is 0.407 e. The number of carbonyl (C=O) groups excluding carboxylic acids is 1. The van der Waals surface area contributed by atoms with E-state index in [9.17, 15) is 9.59 Å². The molecule has 2 heterocycles. The van der Waals surface area contributed by atoms with E-state index in [1.807, 2.05) is 36.1 Å². The van der Waals surface area contributed by atoms with E-state index in [1.165, 1.54) is 4.90 Å². The van der Waals surface area contributed by atoms with Crippen LogP contribution in [-0.2, 0) is 9.53 Å². The fourth-order valence-electron chi connectivity index (χ4n) is 2.52. The summed E-state index contributed by atoms with van der Waals surface area (Å²) in [7, 11) is 0. The van der Waals surface area contributed by atoms with Gasteiger partial charge in [0.25, 0.3) is 0 Å². The number of benzene rings is 1. The third kappa shape index (κ3) is 3.33. The highest BCUT2D eigenvalue weighted by atomic mass is 16.6. The van der Waals surface area contributed by atoms with Crippen LogP contribution in [0.2, 0.25) is 0 Å². The van der Waals surface area contributed by atoms with Gasteiger partial charge in [-0.3, -0.25) is 0 Å². The van der Waals surface area contributed by atoms with Gasteiger partial charge in [0.2, 0.25) is 5.90 Å². The lowest BCUT2D eigenvalue weighted by Crippen LogP contribution is -2.46. The number of amides is 1. The van der Waals surface area contributed by atoms with Crippen molar-refractivity contribution in [3.05, 3.63) is 47.3 Å². The first kappa shape index (κ1) is 15.1. The Morgan fingerprint density at radius 2 is 2.04 bits per heavy atom. The van der Waals surface area contributed by atoms with Crippen LogP contribution in [0.3, 0.4) is 0 Å². The number of hydrogen-bond donors (Lipinski definition) is 1. The molecule has 0 aromatic heterocycles. The molecule has 0 radical (unpaired) electrons. The summed E-state index contributed by atoms with van der Waals surface area (Å²) in [5.41, 5.74) is 2.06. The molecule has 1 saturated heterocycles. The second-order valence-corrected chi connectivity index (χ2v) is 5.50. The highest BCUT2D eigenvalue weighted by molar-refractivity contribution is 6.11. The van der Waals surface area contributed by atoms with E-state index in [-0.39, 0.29) is 5.70 Å². The molecule has 2 aliphatic rings. The second-order valence-electron chi connectivity index (χ2n) is 5.50. The van der Waals surface area contributed by atoms with E-state index in [2.05, 4.69) is 4.99 Å². The molecule has 0 saturated carbocycles. The molecule has 0 atom stereocenters. The van der Waals surface area contributed by atoms with Crippen molar-refractivity contribution in [1.29, 1.82) is 0 Å². The number of cyclic esters (lactones) is 1. The normalized spacial score (nSPS) is 19.8. The van der Waals surface area contributed by atoms with Crippen molar-refractivity contribution in [1.82, 2.24) is 9.80 Å². The molecule has 120 valence electrons. The molecule has 0 spiro atoms. The number of piperazine rings is 1. The summed E-state index contributed by atoms with van der Waals surface area (Å²) in [6.07, 6.45) is 0.724. The fourth-order valence-corrected chi connectivity index (χ4v) is 2.52. The lowest BCUT2D eigenvalue weighted by atomic mass is 10.1. The molecule has 1 aromatic rings. The number of ether oxygens (including phenoxy) is 1.